The van der Waals surface area contributed by atoms with E-state index in [1.165, 1.54) is 6.20 Å². The summed E-state index contributed by atoms with van der Waals surface area (Å²) in [6, 6.07) is 2.29. The summed E-state index contributed by atoms with van der Waals surface area (Å²) in [5.41, 5.74) is 0. The van der Waals surface area contributed by atoms with Crippen LogP contribution in [0.15, 0.2) is 18.3 Å². The molecule has 0 bridgehead atoms. The van der Waals surface area contributed by atoms with Crippen molar-refractivity contribution in [2.75, 3.05) is 12.4 Å². The van der Waals surface area contributed by atoms with Gasteiger partial charge in [-0.3, -0.25) is 0 Å². The second-order valence-electron chi connectivity index (χ2n) is 2.17. The van der Waals surface area contributed by atoms with E-state index < -0.39 is 6.36 Å². The lowest BCUT2D eigenvalue weighted by atomic mass is 10.4. The highest BCUT2D eigenvalue weighted by Gasteiger charge is 2.31. The fourth-order valence-corrected chi connectivity index (χ4v) is 0.745. The summed E-state index contributed by atoms with van der Waals surface area (Å²) in [4.78, 5) is 3.73. The van der Waals surface area contributed by atoms with Gasteiger partial charge in [0, 0.05) is 19.3 Å². The van der Waals surface area contributed by atoms with Gasteiger partial charge in [-0.15, -0.1) is 13.2 Å². The number of nitrogens with one attached hydrogen (secondary N) is 1. The number of pyridine rings is 1. The molecule has 13 heavy (non-hydrogen) atoms. The highest BCUT2D eigenvalue weighted by Crippen LogP contribution is 2.23. The van der Waals surface area contributed by atoms with E-state index in [-0.39, 0.29) is 5.75 Å². The van der Waals surface area contributed by atoms with Gasteiger partial charge in [-0.25, -0.2) is 4.98 Å². The number of anilines is 1. The fourth-order valence-electron chi connectivity index (χ4n) is 0.745. The Morgan fingerprint density at radius 1 is 1.46 bits per heavy atom. The van der Waals surface area contributed by atoms with Crippen LogP contribution in [0.4, 0.5) is 19.0 Å². The molecule has 1 aromatic heterocycles. The number of nitrogens with zero attached hydrogens (tertiary/aromatic N) is 1. The number of rotatable bonds is 2. The van der Waals surface area contributed by atoms with Crippen LogP contribution < -0.4 is 10.1 Å². The zero-order valence-corrected chi connectivity index (χ0v) is 6.72. The molecular formula is C7H7F3N2O. The number of aromatic nitrogens is 1. The topological polar surface area (TPSA) is 34.1 Å². The molecule has 1 heterocycles. The SMILES string of the molecule is CNc1cc(OC(F)(F)F)ccn1. The number of alkyl halides is 3. The van der Waals surface area contributed by atoms with Gasteiger partial charge in [0.25, 0.3) is 0 Å². The van der Waals surface area contributed by atoms with Gasteiger partial charge in [-0.1, -0.05) is 0 Å². The molecule has 1 N–H and O–H groups in total. The van der Waals surface area contributed by atoms with Gasteiger partial charge in [-0.05, 0) is 6.07 Å². The van der Waals surface area contributed by atoms with Gasteiger partial charge in [0.05, 0.1) is 0 Å². The fraction of sp³-hybridized carbons (Fsp3) is 0.286. The average Bonchev–Trinajstić information content (AvgIpc) is 2.01. The predicted octanol–water partition coefficient (Wildman–Crippen LogP) is 2.02. The van der Waals surface area contributed by atoms with E-state index in [0.717, 1.165) is 12.1 Å². The lowest BCUT2D eigenvalue weighted by Gasteiger charge is -2.08. The minimum Gasteiger partial charge on any atom is -0.406 e. The van der Waals surface area contributed by atoms with Crippen molar-refractivity contribution >= 4 is 5.82 Å². The summed E-state index contributed by atoms with van der Waals surface area (Å²) in [5, 5.41) is 2.59. The van der Waals surface area contributed by atoms with E-state index in [1.54, 1.807) is 7.05 Å². The van der Waals surface area contributed by atoms with E-state index in [4.69, 9.17) is 0 Å². The van der Waals surface area contributed by atoms with Crippen LogP contribution in [-0.2, 0) is 0 Å². The molecule has 0 aliphatic heterocycles. The summed E-state index contributed by atoms with van der Waals surface area (Å²) in [7, 11) is 1.56. The van der Waals surface area contributed by atoms with Crippen molar-refractivity contribution in [3.63, 3.8) is 0 Å². The van der Waals surface area contributed by atoms with Crippen LogP contribution in [0, 0.1) is 0 Å². The summed E-state index contributed by atoms with van der Waals surface area (Å²) in [6.07, 6.45) is -3.43. The Labute approximate surface area is 72.5 Å². The first-order valence-corrected chi connectivity index (χ1v) is 3.41. The first kappa shape index (κ1) is 9.63. The number of hydrogen-bond donors (Lipinski definition) is 1. The van der Waals surface area contributed by atoms with Crippen molar-refractivity contribution in [2.45, 2.75) is 6.36 Å². The Hall–Kier alpha value is -1.46. The Morgan fingerprint density at radius 2 is 2.15 bits per heavy atom. The normalized spacial score (nSPS) is 11.1. The van der Waals surface area contributed by atoms with E-state index in [0.29, 0.717) is 5.82 Å². The van der Waals surface area contributed by atoms with Crippen molar-refractivity contribution in [3.05, 3.63) is 18.3 Å². The van der Waals surface area contributed by atoms with Crippen LogP contribution in [-0.4, -0.2) is 18.4 Å². The Morgan fingerprint density at radius 3 is 2.69 bits per heavy atom. The van der Waals surface area contributed by atoms with Gasteiger partial charge in [0.2, 0.25) is 0 Å². The lowest BCUT2D eigenvalue weighted by Crippen LogP contribution is -2.17. The summed E-state index contributed by atoms with van der Waals surface area (Å²) >= 11 is 0. The minimum atomic E-state index is -4.66. The molecular weight excluding hydrogens is 185 g/mol. The molecule has 0 aliphatic rings. The largest absolute Gasteiger partial charge is 0.573 e. The molecule has 3 nitrogen and oxygen atoms in total. The maximum atomic E-state index is 11.7. The first-order valence-electron chi connectivity index (χ1n) is 3.41. The molecule has 0 spiro atoms. The third-order valence-electron chi connectivity index (χ3n) is 1.22. The smallest absolute Gasteiger partial charge is 0.406 e. The van der Waals surface area contributed by atoms with E-state index in [1.807, 2.05) is 0 Å². The molecule has 0 atom stereocenters. The van der Waals surface area contributed by atoms with Crippen molar-refractivity contribution in [3.8, 4) is 5.75 Å². The van der Waals surface area contributed by atoms with Crippen molar-refractivity contribution < 1.29 is 17.9 Å². The van der Waals surface area contributed by atoms with Gasteiger partial charge in [0.1, 0.15) is 11.6 Å². The van der Waals surface area contributed by atoms with Gasteiger partial charge in [-0.2, -0.15) is 0 Å². The maximum Gasteiger partial charge on any atom is 0.573 e. The zero-order valence-electron chi connectivity index (χ0n) is 6.72. The highest BCUT2D eigenvalue weighted by molar-refractivity contribution is 5.39. The highest BCUT2D eigenvalue weighted by atomic mass is 19.4. The van der Waals surface area contributed by atoms with Gasteiger partial charge < -0.3 is 10.1 Å². The predicted molar refractivity (Wildman–Crippen MR) is 40.5 cm³/mol. The average molecular weight is 192 g/mol. The molecule has 0 amide bonds. The van der Waals surface area contributed by atoms with Crippen LogP contribution in [0.3, 0.4) is 0 Å². The summed E-state index contributed by atoms with van der Waals surface area (Å²) in [5.74, 6) is 0.0357. The van der Waals surface area contributed by atoms with Crippen LogP contribution in [0.1, 0.15) is 0 Å². The molecule has 0 radical (unpaired) electrons. The molecule has 72 valence electrons. The Kier molecular flexibility index (Phi) is 2.60. The maximum absolute atomic E-state index is 11.7. The van der Waals surface area contributed by atoms with E-state index >= 15 is 0 Å². The molecule has 0 aromatic carbocycles. The molecule has 0 unspecified atom stereocenters. The Bertz CT molecular complexity index is 287. The zero-order chi connectivity index (χ0) is 9.90. The van der Waals surface area contributed by atoms with Crippen LogP contribution >= 0.6 is 0 Å². The van der Waals surface area contributed by atoms with Crippen molar-refractivity contribution in [2.24, 2.45) is 0 Å². The molecule has 0 saturated carbocycles. The van der Waals surface area contributed by atoms with Crippen molar-refractivity contribution in [1.82, 2.24) is 4.98 Å². The van der Waals surface area contributed by atoms with Gasteiger partial charge >= 0.3 is 6.36 Å². The van der Waals surface area contributed by atoms with Gasteiger partial charge in [0.15, 0.2) is 0 Å². The quantitative estimate of drug-likeness (QED) is 0.778. The number of halogens is 3. The minimum absolute atomic E-state index is 0.285. The third-order valence-corrected chi connectivity index (χ3v) is 1.22. The molecule has 0 aliphatic carbocycles. The first-order chi connectivity index (χ1) is 6.01. The monoisotopic (exact) mass is 192 g/mol. The second-order valence-corrected chi connectivity index (χ2v) is 2.17. The van der Waals surface area contributed by atoms with Crippen LogP contribution in [0.25, 0.3) is 0 Å². The third kappa shape index (κ3) is 3.18. The molecule has 1 rings (SSSR count). The lowest BCUT2D eigenvalue weighted by molar-refractivity contribution is -0.274. The Balaban J connectivity index is 2.78. The molecule has 0 saturated heterocycles. The van der Waals surface area contributed by atoms with E-state index in [2.05, 4.69) is 15.0 Å². The van der Waals surface area contributed by atoms with Crippen molar-refractivity contribution in [1.29, 1.82) is 0 Å². The molecule has 1 aromatic rings. The second kappa shape index (κ2) is 3.51. The number of ether oxygens (including phenoxy) is 1. The molecule has 6 heteroatoms. The van der Waals surface area contributed by atoms with Crippen LogP contribution in [0.5, 0.6) is 5.75 Å². The summed E-state index contributed by atoms with van der Waals surface area (Å²) in [6.45, 7) is 0. The molecule has 0 fully saturated rings. The van der Waals surface area contributed by atoms with E-state index in [9.17, 15) is 13.2 Å². The standard InChI is InChI=1S/C7H7F3N2O/c1-11-6-4-5(2-3-12-6)13-7(8,9)10/h2-4H,1H3,(H,11,12). The number of hydrogen-bond acceptors (Lipinski definition) is 3. The van der Waals surface area contributed by atoms with Crippen LogP contribution in [0.2, 0.25) is 0 Å². The summed E-state index contributed by atoms with van der Waals surface area (Å²) < 4.78 is 38.8.